The van der Waals surface area contributed by atoms with Gasteiger partial charge in [-0.2, -0.15) is 4.31 Å². The lowest BCUT2D eigenvalue weighted by molar-refractivity contribution is -0.121. The van der Waals surface area contributed by atoms with E-state index in [1.165, 1.54) is 4.31 Å². The van der Waals surface area contributed by atoms with Crippen LogP contribution in [-0.2, 0) is 21.2 Å². The molecule has 0 bridgehead atoms. The summed E-state index contributed by atoms with van der Waals surface area (Å²) in [4.78, 5) is 12.4. The predicted molar refractivity (Wildman–Crippen MR) is 106 cm³/mol. The van der Waals surface area contributed by atoms with Gasteiger partial charge in [0.25, 0.3) is 0 Å². The second-order valence-electron chi connectivity index (χ2n) is 6.39. The Balaban J connectivity index is 1.96. The second kappa shape index (κ2) is 9.53. The summed E-state index contributed by atoms with van der Waals surface area (Å²) in [5, 5.41) is 2.85. The fraction of sp³-hybridized carbons (Fsp3) is 0.350. The number of rotatable bonds is 9. The normalized spacial score (nSPS) is 12.6. The van der Waals surface area contributed by atoms with Crippen LogP contribution in [0.1, 0.15) is 24.1 Å². The Kier molecular flexibility index (Phi) is 7.38. The lowest BCUT2D eigenvalue weighted by Crippen LogP contribution is -2.41. The number of methoxy groups -OCH3 is 1. The molecule has 0 aromatic heterocycles. The molecule has 6 nitrogen and oxygen atoms in total. The molecule has 0 heterocycles. The third-order valence-corrected chi connectivity index (χ3v) is 5.52. The van der Waals surface area contributed by atoms with Gasteiger partial charge in [0, 0.05) is 6.54 Å². The van der Waals surface area contributed by atoms with Gasteiger partial charge in [0.2, 0.25) is 15.9 Å². The van der Waals surface area contributed by atoms with Crippen LogP contribution in [0.25, 0.3) is 0 Å². The SMILES string of the molecule is COc1ccc([C@H](C)NC(=O)CN(CCc2ccccc2)S(C)(=O)=O)cc1. The minimum atomic E-state index is -3.48. The van der Waals surface area contributed by atoms with Gasteiger partial charge >= 0.3 is 0 Å². The zero-order valence-corrected chi connectivity index (χ0v) is 16.7. The molecular weight excluding hydrogens is 364 g/mol. The van der Waals surface area contributed by atoms with Gasteiger partial charge in [0.1, 0.15) is 5.75 Å². The number of nitrogens with one attached hydrogen (secondary N) is 1. The molecule has 2 aromatic carbocycles. The Morgan fingerprint density at radius 1 is 1.11 bits per heavy atom. The van der Waals surface area contributed by atoms with Crippen molar-refractivity contribution in [1.29, 1.82) is 0 Å². The molecule has 2 aromatic rings. The van der Waals surface area contributed by atoms with Crippen LogP contribution in [0, 0.1) is 0 Å². The van der Waals surface area contributed by atoms with Crippen LogP contribution >= 0.6 is 0 Å². The number of sulfonamides is 1. The number of ether oxygens (including phenoxy) is 1. The quantitative estimate of drug-likeness (QED) is 0.713. The van der Waals surface area contributed by atoms with Crippen molar-refractivity contribution in [2.75, 3.05) is 26.5 Å². The average molecular weight is 391 g/mol. The van der Waals surface area contributed by atoms with E-state index in [0.29, 0.717) is 6.42 Å². The van der Waals surface area contributed by atoms with Gasteiger partial charge in [-0.05, 0) is 36.6 Å². The fourth-order valence-electron chi connectivity index (χ4n) is 2.68. The summed E-state index contributed by atoms with van der Waals surface area (Å²) in [6, 6.07) is 16.7. The maximum Gasteiger partial charge on any atom is 0.235 e. The molecule has 2 rings (SSSR count). The van der Waals surface area contributed by atoms with Crippen LogP contribution in [0.15, 0.2) is 54.6 Å². The molecule has 0 aliphatic carbocycles. The van der Waals surface area contributed by atoms with Crippen molar-refractivity contribution in [3.8, 4) is 5.75 Å². The van der Waals surface area contributed by atoms with E-state index in [0.717, 1.165) is 23.1 Å². The highest BCUT2D eigenvalue weighted by atomic mass is 32.2. The van der Waals surface area contributed by atoms with Crippen LogP contribution in [0.3, 0.4) is 0 Å². The molecule has 1 N–H and O–H groups in total. The first-order valence-corrected chi connectivity index (χ1v) is 10.6. The number of nitrogens with zero attached hydrogens (tertiary/aromatic N) is 1. The topological polar surface area (TPSA) is 75.7 Å². The van der Waals surface area contributed by atoms with E-state index in [1.807, 2.05) is 61.5 Å². The van der Waals surface area contributed by atoms with Gasteiger partial charge < -0.3 is 10.1 Å². The van der Waals surface area contributed by atoms with E-state index >= 15 is 0 Å². The van der Waals surface area contributed by atoms with Gasteiger partial charge in [-0.1, -0.05) is 42.5 Å². The van der Waals surface area contributed by atoms with Crippen LogP contribution < -0.4 is 10.1 Å². The highest BCUT2D eigenvalue weighted by Gasteiger charge is 2.21. The first-order chi connectivity index (χ1) is 12.8. The minimum Gasteiger partial charge on any atom is -0.497 e. The maximum absolute atomic E-state index is 12.4. The predicted octanol–water partition coefficient (Wildman–Crippen LogP) is 2.38. The highest BCUT2D eigenvalue weighted by molar-refractivity contribution is 7.88. The van der Waals surface area contributed by atoms with Crippen molar-refractivity contribution in [1.82, 2.24) is 9.62 Å². The summed E-state index contributed by atoms with van der Waals surface area (Å²) in [5.41, 5.74) is 1.94. The molecule has 0 fully saturated rings. The van der Waals surface area contributed by atoms with Crippen molar-refractivity contribution in [3.05, 3.63) is 65.7 Å². The van der Waals surface area contributed by atoms with E-state index in [-0.39, 0.29) is 25.0 Å². The summed E-state index contributed by atoms with van der Waals surface area (Å²) in [6.07, 6.45) is 1.67. The van der Waals surface area contributed by atoms with Gasteiger partial charge in [-0.25, -0.2) is 8.42 Å². The number of hydrogen-bond donors (Lipinski definition) is 1. The number of benzene rings is 2. The first-order valence-electron chi connectivity index (χ1n) is 8.72. The van der Waals surface area contributed by atoms with E-state index in [2.05, 4.69) is 5.32 Å². The first kappa shape index (κ1) is 20.9. The lowest BCUT2D eigenvalue weighted by atomic mass is 10.1. The van der Waals surface area contributed by atoms with Gasteiger partial charge in [0.15, 0.2) is 0 Å². The van der Waals surface area contributed by atoms with Crippen LogP contribution in [0.5, 0.6) is 5.75 Å². The fourth-order valence-corrected chi connectivity index (χ4v) is 3.46. The molecule has 0 aliphatic heterocycles. The molecule has 1 amide bonds. The Morgan fingerprint density at radius 2 is 1.74 bits per heavy atom. The van der Waals surface area contributed by atoms with Crippen molar-refractivity contribution in [2.45, 2.75) is 19.4 Å². The Labute approximate surface area is 161 Å². The molecular formula is C20H26N2O4S. The number of carbonyl (C=O) groups is 1. The standard InChI is InChI=1S/C20H26N2O4S/c1-16(18-9-11-19(26-2)12-10-18)21-20(23)15-22(27(3,24)25)14-13-17-7-5-4-6-8-17/h4-12,16H,13-15H2,1-3H3,(H,21,23)/t16-/m0/s1. The second-order valence-corrected chi connectivity index (χ2v) is 8.38. The van der Waals surface area contributed by atoms with Gasteiger partial charge in [0.05, 0.1) is 26.0 Å². The molecule has 0 spiro atoms. The molecule has 0 saturated carbocycles. The van der Waals surface area contributed by atoms with Crippen molar-refractivity contribution in [2.24, 2.45) is 0 Å². The molecule has 0 aliphatic rings. The van der Waals surface area contributed by atoms with Crippen LogP contribution in [0.2, 0.25) is 0 Å². The zero-order chi connectivity index (χ0) is 19.9. The molecule has 0 unspecified atom stereocenters. The highest BCUT2D eigenvalue weighted by Crippen LogP contribution is 2.17. The number of amides is 1. The third-order valence-electron chi connectivity index (χ3n) is 4.27. The Morgan fingerprint density at radius 3 is 2.30 bits per heavy atom. The lowest BCUT2D eigenvalue weighted by Gasteiger charge is -2.21. The van der Waals surface area contributed by atoms with Crippen molar-refractivity contribution >= 4 is 15.9 Å². The summed E-state index contributed by atoms with van der Waals surface area (Å²) in [7, 11) is -1.89. The smallest absolute Gasteiger partial charge is 0.235 e. The Bertz CT molecular complexity index is 836. The molecule has 0 radical (unpaired) electrons. The molecule has 1 atom stereocenters. The van der Waals surface area contributed by atoms with Crippen molar-refractivity contribution < 1.29 is 17.9 Å². The van der Waals surface area contributed by atoms with Crippen LogP contribution in [0.4, 0.5) is 0 Å². The van der Waals surface area contributed by atoms with Crippen LogP contribution in [-0.4, -0.2) is 45.1 Å². The third kappa shape index (κ3) is 6.69. The molecule has 146 valence electrons. The van der Waals surface area contributed by atoms with Gasteiger partial charge in [-0.15, -0.1) is 0 Å². The van der Waals surface area contributed by atoms with E-state index in [1.54, 1.807) is 7.11 Å². The molecule has 27 heavy (non-hydrogen) atoms. The zero-order valence-electron chi connectivity index (χ0n) is 15.9. The summed E-state index contributed by atoms with van der Waals surface area (Å²) >= 11 is 0. The monoisotopic (exact) mass is 390 g/mol. The molecule has 0 saturated heterocycles. The van der Waals surface area contributed by atoms with E-state index < -0.39 is 10.0 Å². The van der Waals surface area contributed by atoms with Crippen molar-refractivity contribution in [3.63, 3.8) is 0 Å². The summed E-state index contributed by atoms with van der Waals surface area (Å²) < 4.78 is 30.4. The largest absolute Gasteiger partial charge is 0.497 e. The minimum absolute atomic E-state index is 0.202. The Hall–Kier alpha value is -2.38. The van der Waals surface area contributed by atoms with Gasteiger partial charge in [-0.3, -0.25) is 4.79 Å². The van der Waals surface area contributed by atoms with E-state index in [9.17, 15) is 13.2 Å². The average Bonchev–Trinajstić information content (AvgIpc) is 2.65. The number of carbonyl (C=O) groups excluding carboxylic acids is 1. The summed E-state index contributed by atoms with van der Waals surface area (Å²) in [6.45, 7) is 1.91. The maximum atomic E-state index is 12.4. The summed E-state index contributed by atoms with van der Waals surface area (Å²) in [5.74, 6) is 0.401. The molecule has 7 heteroatoms. The number of hydrogen-bond acceptors (Lipinski definition) is 4. The van der Waals surface area contributed by atoms with E-state index in [4.69, 9.17) is 4.74 Å².